The Morgan fingerprint density at radius 3 is 2.37 bits per heavy atom. The molecule has 0 aliphatic heterocycles. The molecule has 0 fully saturated rings. The van der Waals surface area contributed by atoms with Gasteiger partial charge >= 0.3 is 0 Å². The first-order valence-corrected chi connectivity index (χ1v) is 7.02. The molecule has 0 saturated heterocycles. The third kappa shape index (κ3) is 4.38. The summed E-state index contributed by atoms with van der Waals surface area (Å²) < 4.78 is 5.16. The van der Waals surface area contributed by atoms with Crippen LogP contribution in [0.4, 0.5) is 0 Å². The standard InChI is InChI=1S/C15H18N2OS/c1-17(2)15(11-14(19-4)9-10-16)12-5-7-13(18-3)8-6-12/h5-9,11H,1-4H3/b14-9+,15-11+. The number of hydrogen-bond acceptors (Lipinski definition) is 4. The molecular weight excluding hydrogens is 256 g/mol. The summed E-state index contributed by atoms with van der Waals surface area (Å²) in [5.74, 6) is 0.833. The first kappa shape index (κ1) is 15.2. The van der Waals surface area contributed by atoms with E-state index >= 15 is 0 Å². The van der Waals surface area contributed by atoms with Crippen molar-refractivity contribution in [2.75, 3.05) is 27.5 Å². The van der Waals surface area contributed by atoms with Crippen LogP contribution in [-0.4, -0.2) is 32.4 Å². The Hall–Kier alpha value is -1.86. The van der Waals surface area contributed by atoms with Crippen LogP contribution >= 0.6 is 11.8 Å². The molecule has 0 radical (unpaired) electrons. The molecule has 0 unspecified atom stereocenters. The van der Waals surface area contributed by atoms with E-state index in [4.69, 9.17) is 10.00 Å². The van der Waals surface area contributed by atoms with Gasteiger partial charge in [-0.15, -0.1) is 11.8 Å². The fraction of sp³-hybridized carbons (Fsp3) is 0.267. The Morgan fingerprint density at radius 1 is 1.32 bits per heavy atom. The lowest BCUT2D eigenvalue weighted by molar-refractivity contribution is 0.414. The zero-order valence-corrected chi connectivity index (χ0v) is 12.5. The number of hydrogen-bond donors (Lipinski definition) is 0. The fourth-order valence-electron chi connectivity index (χ4n) is 1.59. The summed E-state index contributed by atoms with van der Waals surface area (Å²) in [5, 5.41) is 8.76. The fourth-order valence-corrected chi connectivity index (χ4v) is 1.99. The highest BCUT2D eigenvalue weighted by Gasteiger charge is 2.05. The molecule has 0 aromatic heterocycles. The van der Waals surface area contributed by atoms with Crippen molar-refractivity contribution in [2.24, 2.45) is 0 Å². The molecule has 0 aliphatic rings. The summed E-state index contributed by atoms with van der Waals surface area (Å²) in [4.78, 5) is 2.96. The number of methoxy groups -OCH3 is 1. The van der Waals surface area contributed by atoms with E-state index in [-0.39, 0.29) is 0 Å². The van der Waals surface area contributed by atoms with Gasteiger partial charge in [0.2, 0.25) is 0 Å². The lowest BCUT2D eigenvalue weighted by atomic mass is 10.1. The maximum absolute atomic E-state index is 8.76. The van der Waals surface area contributed by atoms with Crippen LogP contribution in [0.1, 0.15) is 5.56 Å². The van der Waals surface area contributed by atoms with Gasteiger partial charge in [0.15, 0.2) is 0 Å². The monoisotopic (exact) mass is 274 g/mol. The van der Waals surface area contributed by atoms with Gasteiger partial charge in [-0.3, -0.25) is 0 Å². The van der Waals surface area contributed by atoms with E-state index in [2.05, 4.69) is 6.07 Å². The SMILES string of the molecule is COc1ccc(/C(=C\C(=C/C#N)SC)N(C)C)cc1. The Morgan fingerprint density at radius 2 is 1.95 bits per heavy atom. The van der Waals surface area contributed by atoms with E-state index in [1.54, 1.807) is 24.9 Å². The Kier molecular flexibility index (Phi) is 6.04. The van der Waals surface area contributed by atoms with E-state index < -0.39 is 0 Å². The van der Waals surface area contributed by atoms with Crippen molar-refractivity contribution in [2.45, 2.75) is 0 Å². The predicted octanol–water partition coefficient (Wildman–Crippen LogP) is 3.37. The van der Waals surface area contributed by atoms with Crippen molar-refractivity contribution in [1.82, 2.24) is 4.90 Å². The van der Waals surface area contributed by atoms with Crippen molar-refractivity contribution < 1.29 is 4.74 Å². The van der Waals surface area contributed by atoms with E-state index in [0.717, 1.165) is 21.9 Å². The van der Waals surface area contributed by atoms with Crippen molar-refractivity contribution in [3.05, 3.63) is 46.9 Å². The number of rotatable bonds is 5. The largest absolute Gasteiger partial charge is 0.497 e. The lowest BCUT2D eigenvalue weighted by Crippen LogP contribution is -2.10. The van der Waals surface area contributed by atoms with Crippen molar-refractivity contribution in [3.8, 4) is 11.8 Å². The predicted molar refractivity (Wildman–Crippen MR) is 81.9 cm³/mol. The van der Waals surface area contributed by atoms with Crippen molar-refractivity contribution in [1.29, 1.82) is 5.26 Å². The highest BCUT2D eigenvalue weighted by Crippen LogP contribution is 2.24. The lowest BCUT2D eigenvalue weighted by Gasteiger charge is -2.18. The minimum atomic E-state index is 0.833. The second-order valence-electron chi connectivity index (χ2n) is 4.03. The molecule has 100 valence electrons. The molecule has 1 aromatic rings. The minimum Gasteiger partial charge on any atom is -0.497 e. The van der Waals surface area contributed by atoms with Crippen LogP contribution in [0.15, 0.2) is 41.3 Å². The molecule has 19 heavy (non-hydrogen) atoms. The third-order valence-electron chi connectivity index (χ3n) is 2.59. The second kappa shape index (κ2) is 7.55. The molecule has 0 spiro atoms. The number of nitriles is 1. The average molecular weight is 274 g/mol. The average Bonchev–Trinajstić information content (AvgIpc) is 2.43. The van der Waals surface area contributed by atoms with Gasteiger partial charge in [0.1, 0.15) is 5.75 Å². The molecule has 0 bridgehead atoms. The summed E-state index contributed by atoms with van der Waals surface area (Å²) in [6.07, 6.45) is 5.52. The zero-order chi connectivity index (χ0) is 14.3. The summed E-state index contributed by atoms with van der Waals surface area (Å²) in [6, 6.07) is 9.94. The van der Waals surface area contributed by atoms with Crippen LogP contribution in [0.5, 0.6) is 5.75 Å². The van der Waals surface area contributed by atoms with Gasteiger partial charge in [0.25, 0.3) is 0 Å². The van der Waals surface area contributed by atoms with E-state index in [0.29, 0.717) is 0 Å². The molecule has 4 heteroatoms. The van der Waals surface area contributed by atoms with Crippen molar-refractivity contribution in [3.63, 3.8) is 0 Å². The van der Waals surface area contributed by atoms with Gasteiger partial charge in [0, 0.05) is 30.8 Å². The van der Waals surface area contributed by atoms with E-state index in [9.17, 15) is 0 Å². The van der Waals surface area contributed by atoms with Gasteiger partial charge in [-0.1, -0.05) is 0 Å². The van der Waals surface area contributed by atoms with Gasteiger partial charge in [-0.05, 0) is 42.2 Å². The van der Waals surface area contributed by atoms with E-state index in [1.807, 2.05) is 55.6 Å². The van der Waals surface area contributed by atoms with Crippen LogP contribution in [-0.2, 0) is 0 Å². The topological polar surface area (TPSA) is 36.3 Å². The number of benzene rings is 1. The van der Waals surface area contributed by atoms with Gasteiger partial charge in [-0.2, -0.15) is 5.26 Å². The number of thioether (sulfide) groups is 1. The summed E-state index contributed by atoms with van der Waals surface area (Å²) in [6.45, 7) is 0. The number of ether oxygens (including phenoxy) is 1. The Labute approximate surface area is 119 Å². The second-order valence-corrected chi connectivity index (χ2v) is 4.91. The molecule has 0 aliphatic carbocycles. The molecule has 0 N–H and O–H groups in total. The van der Waals surface area contributed by atoms with Gasteiger partial charge < -0.3 is 9.64 Å². The number of nitrogens with zero attached hydrogens (tertiary/aromatic N) is 2. The Bertz CT molecular complexity index is 510. The highest BCUT2D eigenvalue weighted by molar-refractivity contribution is 8.02. The molecular formula is C15H18N2OS. The van der Waals surface area contributed by atoms with Gasteiger partial charge in [-0.25, -0.2) is 0 Å². The molecule has 0 saturated carbocycles. The first-order chi connectivity index (χ1) is 9.12. The molecule has 1 aromatic carbocycles. The van der Waals surface area contributed by atoms with E-state index in [1.165, 1.54) is 0 Å². The molecule has 3 nitrogen and oxygen atoms in total. The molecule has 1 rings (SSSR count). The third-order valence-corrected chi connectivity index (χ3v) is 3.30. The van der Waals surface area contributed by atoms with Crippen LogP contribution in [0.2, 0.25) is 0 Å². The van der Waals surface area contributed by atoms with Crippen molar-refractivity contribution >= 4 is 17.5 Å². The Balaban J connectivity index is 3.16. The summed E-state index contributed by atoms with van der Waals surface area (Å²) >= 11 is 1.55. The molecule has 0 heterocycles. The molecule has 0 amide bonds. The minimum absolute atomic E-state index is 0.833. The van der Waals surface area contributed by atoms with Crippen LogP contribution in [0.25, 0.3) is 5.70 Å². The molecule has 0 atom stereocenters. The maximum Gasteiger partial charge on any atom is 0.118 e. The zero-order valence-electron chi connectivity index (χ0n) is 11.7. The van der Waals surface area contributed by atoms with Crippen LogP contribution < -0.4 is 4.74 Å². The van der Waals surface area contributed by atoms with Crippen LogP contribution in [0, 0.1) is 11.3 Å². The first-order valence-electron chi connectivity index (χ1n) is 5.79. The van der Waals surface area contributed by atoms with Crippen LogP contribution in [0.3, 0.4) is 0 Å². The summed E-state index contributed by atoms with van der Waals surface area (Å²) in [5.41, 5.74) is 2.14. The highest BCUT2D eigenvalue weighted by atomic mass is 32.2. The smallest absolute Gasteiger partial charge is 0.118 e. The summed E-state index contributed by atoms with van der Waals surface area (Å²) in [7, 11) is 5.62. The van der Waals surface area contributed by atoms with Gasteiger partial charge in [0.05, 0.1) is 13.2 Å². The number of allylic oxidation sites excluding steroid dienone is 2. The quantitative estimate of drug-likeness (QED) is 0.609. The maximum atomic E-state index is 8.76. The normalized spacial score (nSPS) is 11.9.